The minimum absolute atomic E-state index is 0.0307. The first kappa shape index (κ1) is 22.8. The lowest BCUT2D eigenvalue weighted by Crippen LogP contribution is -2.38. The SMILES string of the molecule is COc1ccc(C(=O)N2CCC(Cc3cccc4ncccc34)CC2)cc1OCc1ccccn1. The topological polar surface area (TPSA) is 64.5 Å². The van der Waals surface area contributed by atoms with Crippen LogP contribution in [-0.2, 0) is 13.0 Å². The molecule has 0 spiro atoms. The van der Waals surface area contributed by atoms with Crippen molar-refractivity contribution >= 4 is 16.8 Å². The van der Waals surface area contributed by atoms with Crippen molar-refractivity contribution < 1.29 is 14.3 Å². The van der Waals surface area contributed by atoms with Gasteiger partial charge in [0.25, 0.3) is 5.91 Å². The summed E-state index contributed by atoms with van der Waals surface area (Å²) in [6.07, 6.45) is 6.56. The Kier molecular flexibility index (Phi) is 6.89. The van der Waals surface area contributed by atoms with E-state index in [1.54, 1.807) is 25.4 Å². The molecule has 1 fully saturated rings. The average molecular weight is 468 g/mol. The Morgan fingerprint density at radius 1 is 0.943 bits per heavy atom. The summed E-state index contributed by atoms with van der Waals surface area (Å²) in [5.41, 5.74) is 3.80. The lowest BCUT2D eigenvalue weighted by Gasteiger charge is -2.32. The second-order valence-corrected chi connectivity index (χ2v) is 8.90. The maximum Gasteiger partial charge on any atom is 0.253 e. The first-order valence-electron chi connectivity index (χ1n) is 12.0. The van der Waals surface area contributed by atoms with E-state index in [0.29, 0.717) is 29.6 Å². The van der Waals surface area contributed by atoms with Crippen LogP contribution in [-0.4, -0.2) is 41.0 Å². The van der Waals surface area contributed by atoms with Crippen LogP contribution < -0.4 is 9.47 Å². The molecule has 5 rings (SSSR count). The number of methoxy groups -OCH3 is 1. The van der Waals surface area contributed by atoms with Crippen LogP contribution >= 0.6 is 0 Å². The molecule has 4 aromatic rings. The highest BCUT2D eigenvalue weighted by Crippen LogP contribution is 2.31. The Labute approximate surface area is 205 Å². The molecule has 2 aromatic heterocycles. The van der Waals surface area contributed by atoms with Gasteiger partial charge in [0.1, 0.15) is 6.61 Å². The van der Waals surface area contributed by atoms with Gasteiger partial charge in [0.2, 0.25) is 0 Å². The zero-order chi connectivity index (χ0) is 24.0. The van der Waals surface area contributed by atoms with E-state index >= 15 is 0 Å². The number of rotatable bonds is 7. The average Bonchev–Trinajstić information content (AvgIpc) is 2.92. The van der Waals surface area contributed by atoms with Crippen LogP contribution in [0.3, 0.4) is 0 Å². The Morgan fingerprint density at radius 3 is 2.60 bits per heavy atom. The van der Waals surface area contributed by atoms with Crippen molar-refractivity contribution in [3.05, 3.63) is 95.9 Å². The Bertz CT molecular complexity index is 1300. The summed E-state index contributed by atoms with van der Waals surface area (Å²) in [5, 5.41) is 1.23. The second kappa shape index (κ2) is 10.6. The molecule has 0 aliphatic carbocycles. The molecule has 1 saturated heterocycles. The fraction of sp³-hybridized carbons (Fsp3) is 0.276. The highest BCUT2D eigenvalue weighted by Gasteiger charge is 2.25. The summed E-state index contributed by atoms with van der Waals surface area (Å²) in [4.78, 5) is 24.0. The molecule has 6 nitrogen and oxygen atoms in total. The number of benzene rings is 2. The molecular weight excluding hydrogens is 438 g/mol. The standard InChI is InChI=1S/C29H29N3O3/c1-34-27-11-10-23(19-28(27)35-20-24-7-2-3-14-30-24)29(33)32-16-12-21(13-17-32)18-22-6-4-9-26-25(22)8-5-15-31-26/h2-11,14-15,19,21H,12-13,16-18,20H2,1H3. The molecule has 2 aromatic carbocycles. The van der Waals surface area contributed by atoms with E-state index < -0.39 is 0 Å². The van der Waals surface area contributed by atoms with Crippen LogP contribution in [0.1, 0.15) is 34.5 Å². The first-order chi connectivity index (χ1) is 17.2. The molecule has 3 heterocycles. The van der Waals surface area contributed by atoms with E-state index in [-0.39, 0.29) is 5.91 Å². The predicted octanol–water partition coefficient (Wildman–Crippen LogP) is 5.31. The summed E-state index contributed by atoms with van der Waals surface area (Å²) >= 11 is 0. The van der Waals surface area contributed by atoms with Crippen molar-refractivity contribution in [1.29, 1.82) is 0 Å². The number of aromatic nitrogens is 2. The molecule has 0 N–H and O–H groups in total. The lowest BCUT2D eigenvalue weighted by atomic mass is 9.88. The predicted molar refractivity (Wildman–Crippen MR) is 136 cm³/mol. The second-order valence-electron chi connectivity index (χ2n) is 8.90. The van der Waals surface area contributed by atoms with Crippen molar-refractivity contribution in [1.82, 2.24) is 14.9 Å². The molecule has 35 heavy (non-hydrogen) atoms. The number of amides is 1. The van der Waals surface area contributed by atoms with Gasteiger partial charge in [-0.25, -0.2) is 0 Å². The zero-order valence-corrected chi connectivity index (χ0v) is 19.9. The molecule has 1 aliphatic rings. The Hall–Kier alpha value is -3.93. The Balaban J connectivity index is 1.22. The van der Waals surface area contributed by atoms with Gasteiger partial charge in [-0.2, -0.15) is 0 Å². The molecule has 0 bridgehead atoms. The number of piperidine rings is 1. The largest absolute Gasteiger partial charge is 0.493 e. The summed E-state index contributed by atoms with van der Waals surface area (Å²) in [6, 6.07) is 21.6. The minimum atomic E-state index is 0.0307. The van der Waals surface area contributed by atoms with Crippen LogP contribution in [0.25, 0.3) is 10.9 Å². The molecule has 0 atom stereocenters. The fourth-order valence-electron chi connectivity index (χ4n) is 4.74. The van der Waals surface area contributed by atoms with Crippen LogP contribution in [0.15, 0.2) is 79.1 Å². The zero-order valence-electron chi connectivity index (χ0n) is 19.9. The van der Waals surface area contributed by atoms with E-state index in [1.165, 1.54) is 10.9 Å². The van der Waals surface area contributed by atoms with Crippen molar-refractivity contribution in [2.24, 2.45) is 5.92 Å². The number of nitrogens with zero attached hydrogens (tertiary/aromatic N) is 3. The number of pyridine rings is 2. The molecule has 0 saturated carbocycles. The van der Waals surface area contributed by atoms with Gasteiger partial charge in [-0.15, -0.1) is 0 Å². The van der Waals surface area contributed by atoms with Crippen molar-refractivity contribution in [3.63, 3.8) is 0 Å². The number of fused-ring (bicyclic) bond motifs is 1. The third-order valence-electron chi connectivity index (χ3n) is 6.66. The van der Waals surface area contributed by atoms with Crippen LogP contribution in [0.5, 0.6) is 11.5 Å². The van der Waals surface area contributed by atoms with Gasteiger partial charge in [-0.1, -0.05) is 24.3 Å². The van der Waals surface area contributed by atoms with E-state index in [2.05, 4.69) is 34.2 Å². The highest BCUT2D eigenvalue weighted by molar-refractivity contribution is 5.95. The third-order valence-corrected chi connectivity index (χ3v) is 6.66. The first-order valence-corrected chi connectivity index (χ1v) is 12.0. The summed E-state index contributed by atoms with van der Waals surface area (Å²) in [7, 11) is 1.60. The fourth-order valence-corrected chi connectivity index (χ4v) is 4.74. The molecule has 0 unspecified atom stereocenters. The molecule has 0 radical (unpaired) electrons. The van der Waals surface area contributed by atoms with Crippen molar-refractivity contribution in [2.45, 2.75) is 25.9 Å². The Morgan fingerprint density at radius 2 is 1.80 bits per heavy atom. The van der Waals surface area contributed by atoms with Gasteiger partial charge in [0, 0.05) is 36.4 Å². The summed E-state index contributed by atoms with van der Waals surface area (Å²) in [6.45, 7) is 1.81. The van der Waals surface area contributed by atoms with Gasteiger partial charge >= 0.3 is 0 Å². The third kappa shape index (κ3) is 5.27. The maximum absolute atomic E-state index is 13.3. The van der Waals surface area contributed by atoms with Crippen LogP contribution in [0.2, 0.25) is 0 Å². The molecule has 178 valence electrons. The normalized spacial score (nSPS) is 14.1. The molecule has 1 amide bonds. The van der Waals surface area contributed by atoms with E-state index in [1.807, 2.05) is 41.4 Å². The number of hydrogen-bond acceptors (Lipinski definition) is 5. The van der Waals surface area contributed by atoms with E-state index in [4.69, 9.17) is 9.47 Å². The van der Waals surface area contributed by atoms with E-state index in [0.717, 1.165) is 43.6 Å². The number of ether oxygens (including phenoxy) is 2. The highest BCUT2D eigenvalue weighted by atomic mass is 16.5. The molecule has 1 aliphatic heterocycles. The van der Waals surface area contributed by atoms with Gasteiger partial charge in [-0.3, -0.25) is 14.8 Å². The molecule has 6 heteroatoms. The van der Waals surface area contributed by atoms with Gasteiger partial charge in [0.15, 0.2) is 11.5 Å². The van der Waals surface area contributed by atoms with Gasteiger partial charge in [-0.05, 0) is 73.2 Å². The number of hydrogen-bond donors (Lipinski definition) is 0. The lowest BCUT2D eigenvalue weighted by molar-refractivity contribution is 0.0690. The van der Waals surface area contributed by atoms with Crippen molar-refractivity contribution in [2.75, 3.05) is 20.2 Å². The van der Waals surface area contributed by atoms with Crippen molar-refractivity contribution in [3.8, 4) is 11.5 Å². The van der Waals surface area contributed by atoms with Crippen LogP contribution in [0.4, 0.5) is 0 Å². The van der Waals surface area contributed by atoms with E-state index in [9.17, 15) is 4.79 Å². The summed E-state index contributed by atoms with van der Waals surface area (Å²) < 4.78 is 11.4. The minimum Gasteiger partial charge on any atom is -0.493 e. The summed E-state index contributed by atoms with van der Waals surface area (Å²) in [5.74, 6) is 1.73. The number of likely N-dealkylation sites (tertiary alicyclic amines) is 1. The maximum atomic E-state index is 13.3. The smallest absolute Gasteiger partial charge is 0.253 e. The number of carbonyl (C=O) groups excluding carboxylic acids is 1. The molecular formula is C29H29N3O3. The van der Waals surface area contributed by atoms with Gasteiger partial charge in [0.05, 0.1) is 18.3 Å². The quantitative estimate of drug-likeness (QED) is 0.368. The monoisotopic (exact) mass is 467 g/mol. The van der Waals surface area contributed by atoms with Crippen LogP contribution in [0, 0.1) is 5.92 Å². The van der Waals surface area contributed by atoms with Gasteiger partial charge < -0.3 is 14.4 Å². The number of carbonyl (C=O) groups is 1.